The molecular formula is C49H49F8N5O6. The third-order valence-electron chi connectivity index (χ3n) is 12.6. The number of halogens is 8. The van der Waals surface area contributed by atoms with E-state index in [-0.39, 0.29) is 60.0 Å². The van der Waals surface area contributed by atoms with Crippen LogP contribution in [-0.2, 0) is 26.6 Å². The minimum Gasteiger partial charge on any atom is -0.464 e. The van der Waals surface area contributed by atoms with Crippen LogP contribution in [0.15, 0.2) is 89.9 Å². The molecule has 2 heterocycles. The SMILES string of the molecule is CCOC(=O)COCC1CCC(n2c(NC(=O)c3cccc(C(F)(F)F)c3)nc3cc(F)ccc32)CC1.O=C(NC1=Nc2cc(F)ccc2[C@H]1C1CCC(CO)CC1)c1cccc(C(F)(F)F)c1. The van der Waals surface area contributed by atoms with Crippen LogP contribution in [0, 0.1) is 29.4 Å². The molecular weight excluding hydrogens is 907 g/mol. The fourth-order valence-electron chi connectivity index (χ4n) is 9.16. The van der Waals surface area contributed by atoms with Gasteiger partial charge in [0.05, 0.1) is 41.1 Å². The smallest absolute Gasteiger partial charge is 0.416 e. The molecule has 1 aliphatic heterocycles. The Bertz CT molecular complexity index is 2630. The third-order valence-corrected chi connectivity index (χ3v) is 12.6. The number of esters is 1. The summed E-state index contributed by atoms with van der Waals surface area (Å²) in [6.45, 7) is 2.47. The van der Waals surface area contributed by atoms with Gasteiger partial charge in [-0.1, -0.05) is 18.2 Å². The van der Waals surface area contributed by atoms with Crippen LogP contribution in [0.1, 0.15) is 108 Å². The van der Waals surface area contributed by atoms with E-state index in [1.54, 1.807) is 19.1 Å². The van der Waals surface area contributed by atoms with Crippen molar-refractivity contribution >= 4 is 46.3 Å². The molecule has 0 spiro atoms. The summed E-state index contributed by atoms with van der Waals surface area (Å²) >= 11 is 0. The molecule has 2 saturated carbocycles. The highest BCUT2D eigenvalue weighted by atomic mass is 19.4. The van der Waals surface area contributed by atoms with Crippen LogP contribution in [0.25, 0.3) is 11.0 Å². The zero-order valence-corrected chi connectivity index (χ0v) is 36.8. The van der Waals surface area contributed by atoms with Gasteiger partial charge in [-0.15, -0.1) is 0 Å². The summed E-state index contributed by atoms with van der Waals surface area (Å²) in [5.74, 6) is -1.97. The van der Waals surface area contributed by atoms with E-state index in [4.69, 9.17) is 9.47 Å². The number of aliphatic hydroxyl groups is 1. The molecule has 0 unspecified atom stereocenters. The molecule has 3 aliphatic rings. The number of hydrogen-bond acceptors (Lipinski definition) is 8. The maximum Gasteiger partial charge on any atom is 0.416 e. The van der Waals surface area contributed by atoms with Gasteiger partial charge in [0, 0.05) is 35.8 Å². The van der Waals surface area contributed by atoms with Gasteiger partial charge < -0.3 is 24.5 Å². The number of fused-ring (bicyclic) bond motifs is 2. The molecule has 11 nitrogen and oxygen atoms in total. The fourth-order valence-corrected chi connectivity index (χ4v) is 9.16. The molecule has 0 saturated heterocycles. The van der Waals surface area contributed by atoms with Crippen molar-refractivity contribution in [3.8, 4) is 0 Å². The van der Waals surface area contributed by atoms with E-state index >= 15 is 0 Å². The van der Waals surface area contributed by atoms with Gasteiger partial charge in [-0.3, -0.25) is 14.9 Å². The lowest BCUT2D eigenvalue weighted by Crippen LogP contribution is -2.37. The number of alkyl halides is 6. The van der Waals surface area contributed by atoms with E-state index in [0.29, 0.717) is 48.6 Å². The normalized spacial score (nSPS) is 20.4. The molecule has 1 aromatic heterocycles. The van der Waals surface area contributed by atoms with Gasteiger partial charge in [-0.2, -0.15) is 26.3 Å². The van der Waals surface area contributed by atoms with Crippen molar-refractivity contribution in [3.05, 3.63) is 124 Å². The molecule has 0 bridgehead atoms. The lowest BCUT2D eigenvalue weighted by atomic mass is 9.73. The molecule has 362 valence electrons. The number of aliphatic imine (C=N–C) groups is 1. The Morgan fingerprint density at radius 1 is 0.735 bits per heavy atom. The number of nitrogens with zero attached hydrogens (tertiary/aromatic N) is 3. The molecule has 68 heavy (non-hydrogen) atoms. The number of carbonyl (C=O) groups is 3. The van der Waals surface area contributed by atoms with E-state index in [2.05, 4.69) is 20.6 Å². The predicted octanol–water partition coefficient (Wildman–Crippen LogP) is 11.0. The van der Waals surface area contributed by atoms with Crippen LogP contribution in [0.4, 0.5) is 46.8 Å². The van der Waals surface area contributed by atoms with Gasteiger partial charge >= 0.3 is 18.3 Å². The monoisotopic (exact) mass is 955 g/mol. The molecule has 0 radical (unpaired) electrons. The molecule has 19 heteroatoms. The van der Waals surface area contributed by atoms with Gasteiger partial charge in [0.2, 0.25) is 5.95 Å². The van der Waals surface area contributed by atoms with Crippen LogP contribution in [0.2, 0.25) is 0 Å². The summed E-state index contributed by atoms with van der Waals surface area (Å²) in [6, 6.07) is 16.7. The second-order valence-electron chi connectivity index (χ2n) is 17.1. The number of amidine groups is 1. The fraction of sp³-hybridized carbons (Fsp3) is 0.408. The van der Waals surface area contributed by atoms with Crippen molar-refractivity contribution in [3.63, 3.8) is 0 Å². The van der Waals surface area contributed by atoms with E-state index in [9.17, 15) is 54.6 Å². The minimum atomic E-state index is -4.58. The van der Waals surface area contributed by atoms with Crippen molar-refractivity contribution < 1.29 is 64.1 Å². The van der Waals surface area contributed by atoms with Crippen LogP contribution >= 0.6 is 0 Å². The molecule has 4 aromatic carbocycles. The highest BCUT2D eigenvalue weighted by Crippen LogP contribution is 2.46. The average Bonchev–Trinajstić information content (AvgIpc) is 3.85. The van der Waals surface area contributed by atoms with Crippen molar-refractivity contribution in [1.82, 2.24) is 14.9 Å². The van der Waals surface area contributed by atoms with E-state index in [1.165, 1.54) is 48.5 Å². The zero-order valence-electron chi connectivity index (χ0n) is 36.8. The van der Waals surface area contributed by atoms with Crippen molar-refractivity contribution in [1.29, 1.82) is 0 Å². The number of benzene rings is 4. The number of rotatable bonds is 11. The first-order chi connectivity index (χ1) is 32.4. The summed E-state index contributed by atoms with van der Waals surface area (Å²) in [5, 5.41) is 14.7. The Balaban J connectivity index is 0.000000204. The van der Waals surface area contributed by atoms with E-state index in [0.717, 1.165) is 68.4 Å². The maximum absolute atomic E-state index is 13.9. The number of carbonyl (C=O) groups excluding carboxylic acids is 3. The predicted molar refractivity (Wildman–Crippen MR) is 235 cm³/mol. The first-order valence-corrected chi connectivity index (χ1v) is 22.3. The van der Waals surface area contributed by atoms with Gasteiger partial charge in [0.25, 0.3) is 11.8 Å². The standard InChI is InChI=1S/C26H27F4N3O4.C23H22F4N2O2/c1-2-37-23(34)15-36-14-16-6-9-20(10-7-16)33-22-11-8-19(27)13-21(22)31-25(33)32-24(35)17-4-3-5-18(12-17)26(28,29)30;24-17-8-9-18-19(11-17)28-21(20(18)14-6-4-13(12-30)5-7-14)29-22(31)15-2-1-3-16(10-15)23(25,26)27/h3-5,8,11-13,16,20H,2,6-7,9-10,14-15H2,1H3,(H,31,32,35);1-3,8-11,13-14,20,30H,4-7,12H2,(H,28,29,31)/t;13?,14?,20-/m.1/s1. The first kappa shape index (κ1) is 49.7. The van der Waals surface area contributed by atoms with Gasteiger partial charge in [0.15, 0.2) is 0 Å². The van der Waals surface area contributed by atoms with Crippen LogP contribution in [-0.4, -0.2) is 64.7 Å². The Labute approximate surface area is 385 Å². The van der Waals surface area contributed by atoms with Gasteiger partial charge in [-0.25, -0.2) is 23.6 Å². The topological polar surface area (TPSA) is 144 Å². The highest BCUT2D eigenvalue weighted by Gasteiger charge is 2.38. The lowest BCUT2D eigenvalue weighted by molar-refractivity contribution is -0.149. The molecule has 2 amide bonds. The Kier molecular flexibility index (Phi) is 15.6. The van der Waals surface area contributed by atoms with Crippen molar-refractivity contribution in [2.75, 3.05) is 31.7 Å². The van der Waals surface area contributed by atoms with Crippen LogP contribution < -0.4 is 10.6 Å². The number of amides is 2. The molecule has 2 aliphatic carbocycles. The number of anilines is 1. The van der Waals surface area contributed by atoms with Crippen molar-refractivity contribution in [2.45, 2.75) is 82.6 Å². The first-order valence-electron chi connectivity index (χ1n) is 22.3. The number of hydrogen-bond donors (Lipinski definition) is 3. The molecule has 5 aromatic rings. The largest absolute Gasteiger partial charge is 0.464 e. The van der Waals surface area contributed by atoms with Crippen LogP contribution in [0.3, 0.4) is 0 Å². The number of aromatic nitrogens is 2. The quantitative estimate of drug-likeness (QED) is 0.0883. The highest BCUT2D eigenvalue weighted by molar-refractivity contribution is 6.11. The molecule has 2 fully saturated rings. The molecule has 1 atom stereocenters. The minimum absolute atomic E-state index is 0.0754. The number of ether oxygens (including phenoxy) is 2. The number of nitrogens with one attached hydrogen (secondary N) is 2. The summed E-state index contributed by atoms with van der Waals surface area (Å²) in [5.41, 5.74) is 0.0465. The number of imidazole rings is 1. The molecule has 3 N–H and O–H groups in total. The summed E-state index contributed by atoms with van der Waals surface area (Å²) in [6.07, 6.45) is -2.85. The Hall–Kier alpha value is -6.21. The zero-order chi connectivity index (χ0) is 48.8. The summed E-state index contributed by atoms with van der Waals surface area (Å²) in [4.78, 5) is 45.9. The maximum atomic E-state index is 13.9. The third kappa shape index (κ3) is 12.1. The Morgan fingerprint density at radius 3 is 1.93 bits per heavy atom. The number of aliphatic hydroxyl groups excluding tert-OH is 1. The molecule has 8 rings (SSSR count). The van der Waals surface area contributed by atoms with E-state index < -0.39 is 52.9 Å². The second-order valence-corrected chi connectivity index (χ2v) is 17.1. The van der Waals surface area contributed by atoms with Gasteiger partial charge in [0.1, 0.15) is 24.1 Å². The second kappa shape index (κ2) is 21.4. The summed E-state index contributed by atoms with van der Waals surface area (Å²) < 4.78 is 118. The Morgan fingerprint density at radius 2 is 1.32 bits per heavy atom. The van der Waals surface area contributed by atoms with Gasteiger partial charge in [-0.05, 0) is 142 Å². The van der Waals surface area contributed by atoms with Crippen LogP contribution in [0.5, 0.6) is 0 Å². The average molecular weight is 956 g/mol. The summed E-state index contributed by atoms with van der Waals surface area (Å²) in [7, 11) is 0. The lowest BCUT2D eigenvalue weighted by Gasteiger charge is -2.32. The van der Waals surface area contributed by atoms with Crippen molar-refractivity contribution in [2.24, 2.45) is 22.7 Å². The van der Waals surface area contributed by atoms with E-state index in [1.807, 2.05) is 4.57 Å².